The summed E-state index contributed by atoms with van der Waals surface area (Å²) in [6, 6.07) is 0. The van der Waals surface area contributed by atoms with Crippen molar-refractivity contribution in [2.75, 3.05) is 14.1 Å². The van der Waals surface area contributed by atoms with Gasteiger partial charge in [-0.1, -0.05) is 71.1 Å². The van der Waals surface area contributed by atoms with Crippen molar-refractivity contribution >= 4 is 11.6 Å². The van der Waals surface area contributed by atoms with Gasteiger partial charge in [-0.15, -0.1) is 11.6 Å². The maximum atomic E-state index is 6.15. The zero-order valence-corrected chi connectivity index (χ0v) is 12.9. The second kappa shape index (κ2) is 12.7. The molecular formula is C15H32ClN. The van der Waals surface area contributed by atoms with Crippen LogP contribution < -0.4 is 0 Å². The van der Waals surface area contributed by atoms with E-state index in [2.05, 4.69) is 11.8 Å². The quantitative estimate of drug-likeness (QED) is 0.257. The highest BCUT2D eigenvalue weighted by Crippen LogP contribution is 2.14. The molecule has 0 fully saturated rings. The molecule has 1 unspecified atom stereocenters. The first-order valence-corrected chi connectivity index (χ1v) is 7.92. The molecule has 0 aromatic heterocycles. The van der Waals surface area contributed by atoms with Crippen molar-refractivity contribution in [2.45, 2.75) is 83.1 Å². The minimum absolute atomic E-state index is 0.226. The van der Waals surface area contributed by atoms with Crippen LogP contribution in [0.3, 0.4) is 0 Å². The summed E-state index contributed by atoms with van der Waals surface area (Å²) in [5, 5.41) is 0. The van der Waals surface area contributed by atoms with Crippen molar-refractivity contribution in [3.63, 3.8) is 0 Å². The summed E-state index contributed by atoms with van der Waals surface area (Å²) in [4.78, 5) is 2.09. The van der Waals surface area contributed by atoms with Gasteiger partial charge >= 0.3 is 0 Å². The third-order valence-corrected chi connectivity index (χ3v) is 3.96. The summed E-state index contributed by atoms with van der Waals surface area (Å²) in [7, 11) is 4.10. The number of hydrogen-bond donors (Lipinski definition) is 0. The summed E-state index contributed by atoms with van der Waals surface area (Å²) in [5.74, 6) is 0. The van der Waals surface area contributed by atoms with Crippen molar-refractivity contribution in [1.82, 2.24) is 4.90 Å². The molecule has 0 aliphatic carbocycles. The average molecular weight is 262 g/mol. The van der Waals surface area contributed by atoms with Crippen LogP contribution >= 0.6 is 11.6 Å². The fourth-order valence-electron chi connectivity index (χ4n) is 2.06. The fraction of sp³-hybridized carbons (Fsp3) is 1.00. The summed E-state index contributed by atoms with van der Waals surface area (Å²) in [5.41, 5.74) is 0.226. The monoisotopic (exact) mass is 261 g/mol. The first-order chi connectivity index (χ1) is 8.18. The van der Waals surface area contributed by atoms with E-state index in [1.165, 1.54) is 64.2 Å². The summed E-state index contributed by atoms with van der Waals surface area (Å²) >= 11 is 6.15. The average Bonchev–Trinajstić information content (AvgIpc) is 2.31. The third-order valence-electron chi connectivity index (χ3n) is 3.36. The standard InChI is InChI=1S/C15H32ClN/c1-4-5-6-7-8-9-10-11-12-13-14-15(16)17(2)3/h15H,4-14H2,1-3H3. The normalized spacial score (nSPS) is 13.2. The van der Waals surface area contributed by atoms with E-state index < -0.39 is 0 Å². The van der Waals surface area contributed by atoms with E-state index >= 15 is 0 Å². The zero-order chi connectivity index (χ0) is 12.9. The van der Waals surface area contributed by atoms with Gasteiger partial charge in [0.1, 0.15) is 0 Å². The van der Waals surface area contributed by atoms with Crippen LogP contribution in [-0.2, 0) is 0 Å². The molecule has 2 heteroatoms. The van der Waals surface area contributed by atoms with Gasteiger partial charge in [-0.05, 0) is 20.5 Å². The second-order valence-corrected chi connectivity index (χ2v) is 5.87. The summed E-state index contributed by atoms with van der Waals surface area (Å²) < 4.78 is 0. The Bertz CT molecular complexity index is 148. The molecule has 0 aliphatic heterocycles. The van der Waals surface area contributed by atoms with Crippen LogP contribution in [0.1, 0.15) is 77.6 Å². The Kier molecular flexibility index (Phi) is 12.9. The lowest BCUT2D eigenvalue weighted by molar-refractivity contribution is 0.351. The van der Waals surface area contributed by atoms with E-state index in [0.29, 0.717) is 0 Å². The molecule has 0 saturated carbocycles. The highest BCUT2D eigenvalue weighted by molar-refractivity contribution is 6.20. The van der Waals surface area contributed by atoms with Crippen LogP contribution in [-0.4, -0.2) is 24.5 Å². The van der Waals surface area contributed by atoms with Crippen molar-refractivity contribution in [3.05, 3.63) is 0 Å². The smallest absolute Gasteiger partial charge is 0.0845 e. The molecule has 0 heterocycles. The van der Waals surface area contributed by atoms with E-state index in [9.17, 15) is 0 Å². The van der Waals surface area contributed by atoms with E-state index in [4.69, 9.17) is 11.6 Å². The summed E-state index contributed by atoms with van der Waals surface area (Å²) in [6.45, 7) is 2.28. The second-order valence-electron chi connectivity index (χ2n) is 5.37. The maximum absolute atomic E-state index is 6.15. The van der Waals surface area contributed by atoms with Gasteiger partial charge in [0, 0.05) is 0 Å². The van der Waals surface area contributed by atoms with E-state index in [-0.39, 0.29) is 5.50 Å². The Morgan fingerprint density at radius 2 is 1.18 bits per heavy atom. The third kappa shape index (κ3) is 12.5. The number of rotatable bonds is 12. The Morgan fingerprint density at radius 3 is 1.59 bits per heavy atom. The number of halogens is 1. The molecule has 0 aromatic carbocycles. The van der Waals surface area contributed by atoms with Crippen LogP contribution in [0.5, 0.6) is 0 Å². The number of alkyl halides is 1. The molecular weight excluding hydrogens is 230 g/mol. The molecule has 1 atom stereocenters. The van der Waals surface area contributed by atoms with Crippen molar-refractivity contribution < 1.29 is 0 Å². The SMILES string of the molecule is CCCCCCCCCCCCC(Cl)N(C)C. The van der Waals surface area contributed by atoms with Crippen molar-refractivity contribution in [2.24, 2.45) is 0 Å². The summed E-state index contributed by atoms with van der Waals surface area (Å²) in [6.07, 6.45) is 15.1. The van der Waals surface area contributed by atoms with Gasteiger partial charge in [-0.2, -0.15) is 0 Å². The van der Waals surface area contributed by atoms with Crippen LogP contribution in [0.25, 0.3) is 0 Å². The van der Waals surface area contributed by atoms with Gasteiger partial charge in [0.25, 0.3) is 0 Å². The minimum atomic E-state index is 0.226. The Labute approximate surface area is 114 Å². The zero-order valence-electron chi connectivity index (χ0n) is 12.2. The van der Waals surface area contributed by atoms with Gasteiger partial charge in [0.2, 0.25) is 0 Å². The topological polar surface area (TPSA) is 3.24 Å². The molecule has 0 aliphatic rings. The molecule has 104 valence electrons. The molecule has 17 heavy (non-hydrogen) atoms. The number of nitrogens with zero attached hydrogens (tertiary/aromatic N) is 1. The molecule has 0 saturated heterocycles. The molecule has 0 spiro atoms. The Morgan fingerprint density at radius 1 is 0.765 bits per heavy atom. The first kappa shape index (κ1) is 17.2. The van der Waals surface area contributed by atoms with Crippen LogP contribution in [0.4, 0.5) is 0 Å². The molecule has 1 nitrogen and oxygen atoms in total. The molecule has 0 rings (SSSR count). The Hall–Kier alpha value is 0.250. The molecule has 0 amide bonds. The van der Waals surface area contributed by atoms with E-state index in [0.717, 1.165) is 6.42 Å². The predicted octanol–water partition coefficient (Wildman–Crippen LogP) is 5.42. The largest absolute Gasteiger partial charge is 0.294 e. The Balaban J connectivity index is 3.03. The van der Waals surface area contributed by atoms with Crippen molar-refractivity contribution in [1.29, 1.82) is 0 Å². The number of unbranched alkanes of at least 4 members (excludes halogenated alkanes) is 9. The molecule has 0 radical (unpaired) electrons. The highest BCUT2D eigenvalue weighted by atomic mass is 35.5. The van der Waals surface area contributed by atoms with Gasteiger partial charge in [0.05, 0.1) is 5.50 Å². The number of hydrogen-bond acceptors (Lipinski definition) is 1. The van der Waals surface area contributed by atoms with Gasteiger partial charge < -0.3 is 0 Å². The van der Waals surface area contributed by atoms with Crippen LogP contribution in [0, 0.1) is 0 Å². The van der Waals surface area contributed by atoms with Crippen LogP contribution in [0.2, 0.25) is 0 Å². The fourth-order valence-corrected chi connectivity index (χ4v) is 2.21. The lowest BCUT2D eigenvalue weighted by atomic mass is 10.1. The minimum Gasteiger partial charge on any atom is -0.294 e. The first-order valence-electron chi connectivity index (χ1n) is 7.49. The lowest BCUT2D eigenvalue weighted by Gasteiger charge is -2.16. The molecule has 0 aromatic rings. The van der Waals surface area contributed by atoms with Crippen LogP contribution in [0.15, 0.2) is 0 Å². The molecule has 0 N–H and O–H groups in total. The van der Waals surface area contributed by atoms with E-state index in [1.54, 1.807) is 0 Å². The van der Waals surface area contributed by atoms with Gasteiger partial charge in [0.15, 0.2) is 0 Å². The molecule has 0 bridgehead atoms. The highest BCUT2D eigenvalue weighted by Gasteiger charge is 2.05. The predicted molar refractivity (Wildman–Crippen MR) is 79.8 cm³/mol. The lowest BCUT2D eigenvalue weighted by Crippen LogP contribution is -2.21. The van der Waals surface area contributed by atoms with Crippen molar-refractivity contribution in [3.8, 4) is 0 Å². The van der Waals surface area contributed by atoms with Gasteiger partial charge in [-0.3, -0.25) is 4.90 Å². The van der Waals surface area contributed by atoms with Gasteiger partial charge in [-0.25, -0.2) is 0 Å². The maximum Gasteiger partial charge on any atom is 0.0845 e. The van der Waals surface area contributed by atoms with E-state index in [1.807, 2.05) is 14.1 Å².